The van der Waals surface area contributed by atoms with Crippen LogP contribution in [-0.4, -0.2) is 25.2 Å². The lowest BCUT2D eigenvalue weighted by molar-refractivity contribution is 0.0956. The molecule has 11 heavy (non-hydrogen) atoms. The highest BCUT2D eigenvalue weighted by Gasteiger charge is 2.02. The Balaban J connectivity index is 0.000001000. The van der Waals surface area contributed by atoms with Gasteiger partial charge in [0.05, 0.1) is 15.0 Å². The molecule has 1 aromatic rings. The predicted molar refractivity (Wildman–Crippen MR) is 48.4 cm³/mol. The van der Waals surface area contributed by atoms with Crippen molar-refractivity contribution >= 4 is 8.41 Å². The molecule has 1 unspecified atom stereocenters. The van der Waals surface area contributed by atoms with Crippen LogP contribution in [0.25, 0.3) is 0 Å². The fourth-order valence-electron chi connectivity index (χ4n) is 0.781. The standard InChI is InChI=1S/C8H10O2.BH3/c9-6-8(10)7-4-2-1-3-5-7;/h1-5,8-10H,6H2;1H3. The molecule has 0 aromatic heterocycles. The summed E-state index contributed by atoms with van der Waals surface area (Å²) in [5.41, 5.74) is 0.755. The highest BCUT2D eigenvalue weighted by atomic mass is 16.3. The maximum Gasteiger partial charge on any atom is 0.102 e. The third-order valence-electron chi connectivity index (χ3n) is 1.36. The summed E-state index contributed by atoms with van der Waals surface area (Å²) in [5.74, 6) is 0. The van der Waals surface area contributed by atoms with E-state index < -0.39 is 6.10 Å². The van der Waals surface area contributed by atoms with Gasteiger partial charge in [-0.3, -0.25) is 0 Å². The summed E-state index contributed by atoms with van der Waals surface area (Å²) in [6.45, 7) is -0.218. The molecule has 0 aliphatic rings. The number of aliphatic hydroxyl groups excluding tert-OH is 2. The predicted octanol–water partition coefficient (Wildman–Crippen LogP) is -0.472. The third-order valence-corrected chi connectivity index (χ3v) is 1.36. The van der Waals surface area contributed by atoms with Crippen LogP contribution in [0.1, 0.15) is 11.7 Å². The van der Waals surface area contributed by atoms with Crippen molar-refractivity contribution < 1.29 is 10.2 Å². The van der Waals surface area contributed by atoms with Crippen LogP contribution in [0.5, 0.6) is 0 Å². The Kier molecular flexibility index (Phi) is 4.58. The Morgan fingerprint density at radius 1 is 1.18 bits per heavy atom. The molecule has 0 radical (unpaired) electrons. The minimum Gasteiger partial charge on any atom is -0.393 e. The molecule has 0 saturated carbocycles. The average molecular weight is 152 g/mol. The lowest BCUT2D eigenvalue weighted by Crippen LogP contribution is -2.01. The Labute approximate surface area is 68.1 Å². The molecule has 2 nitrogen and oxygen atoms in total. The molecular weight excluding hydrogens is 139 g/mol. The second-order valence-corrected chi connectivity index (χ2v) is 2.11. The van der Waals surface area contributed by atoms with Gasteiger partial charge in [-0.25, -0.2) is 0 Å². The Bertz CT molecular complexity index is 189. The quantitative estimate of drug-likeness (QED) is 0.562. The topological polar surface area (TPSA) is 40.5 Å². The van der Waals surface area contributed by atoms with Crippen LogP contribution in [0.2, 0.25) is 0 Å². The number of benzene rings is 1. The Morgan fingerprint density at radius 3 is 2.18 bits per heavy atom. The van der Waals surface area contributed by atoms with E-state index in [2.05, 4.69) is 0 Å². The molecule has 2 N–H and O–H groups in total. The molecule has 0 aliphatic carbocycles. The van der Waals surface area contributed by atoms with Gasteiger partial charge >= 0.3 is 0 Å². The van der Waals surface area contributed by atoms with E-state index in [4.69, 9.17) is 10.2 Å². The van der Waals surface area contributed by atoms with Crippen LogP contribution in [0.4, 0.5) is 0 Å². The first kappa shape index (κ1) is 10.2. The molecule has 60 valence electrons. The van der Waals surface area contributed by atoms with E-state index in [9.17, 15) is 0 Å². The zero-order valence-electron chi connectivity index (χ0n) is 5.57. The van der Waals surface area contributed by atoms with Crippen LogP contribution in [-0.2, 0) is 0 Å². The van der Waals surface area contributed by atoms with E-state index in [0.29, 0.717) is 0 Å². The van der Waals surface area contributed by atoms with Crippen LogP contribution in [0.15, 0.2) is 30.3 Å². The lowest BCUT2D eigenvalue weighted by Gasteiger charge is -2.05. The van der Waals surface area contributed by atoms with Gasteiger partial charge in [0.15, 0.2) is 0 Å². The molecule has 1 rings (SSSR count). The van der Waals surface area contributed by atoms with E-state index in [1.165, 1.54) is 0 Å². The Morgan fingerprint density at radius 2 is 1.73 bits per heavy atom. The van der Waals surface area contributed by atoms with Gasteiger partial charge in [-0.1, -0.05) is 30.3 Å². The van der Waals surface area contributed by atoms with Gasteiger partial charge in [-0.15, -0.1) is 0 Å². The van der Waals surface area contributed by atoms with Gasteiger partial charge in [0, 0.05) is 0 Å². The number of aliphatic hydroxyl groups is 2. The zero-order chi connectivity index (χ0) is 7.40. The van der Waals surface area contributed by atoms with Gasteiger partial charge in [-0.2, -0.15) is 0 Å². The van der Waals surface area contributed by atoms with E-state index in [-0.39, 0.29) is 15.0 Å². The number of rotatable bonds is 2. The SMILES string of the molecule is B.OCC(O)c1ccccc1. The van der Waals surface area contributed by atoms with Crippen LogP contribution < -0.4 is 0 Å². The third kappa shape index (κ3) is 2.74. The molecular formula is C8H13BO2. The first-order valence-electron chi connectivity index (χ1n) is 3.18. The van der Waals surface area contributed by atoms with Gasteiger partial charge in [-0.05, 0) is 5.56 Å². The maximum atomic E-state index is 9.08. The van der Waals surface area contributed by atoms with Crippen LogP contribution >= 0.6 is 0 Å². The van der Waals surface area contributed by atoms with Gasteiger partial charge < -0.3 is 10.2 Å². The molecule has 1 atom stereocenters. The van der Waals surface area contributed by atoms with Crippen molar-refractivity contribution in [2.75, 3.05) is 6.61 Å². The monoisotopic (exact) mass is 152 g/mol. The highest BCUT2D eigenvalue weighted by Crippen LogP contribution is 2.09. The summed E-state index contributed by atoms with van der Waals surface area (Å²) in [5, 5.41) is 17.6. The Hall–Kier alpha value is -0.795. The average Bonchev–Trinajstić information content (AvgIpc) is 2.05. The minimum atomic E-state index is -0.735. The van der Waals surface area contributed by atoms with Crippen molar-refractivity contribution in [1.29, 1.82) is 0 Å². The van der Waals surface area contributed by atoms with E-state index >= 15 is 0 Å². The highest BCUT2D eigenvalue weighted by molar-refractivity contribution is 5.75. The second kappa shape index (κ2) is 4.94. The molecule has 0 amide bonds. The summed E-state index contributed by atoms with van der Waals surface area (Å²) >= 11 is 0. The van der Waals surface area contributed by atoms with Gasteiger partial charge in [0.1, 0.15) is 6.10 Å². The molecule has 3 heteroatoms. The fraction of sp³-hybridized carbons (Fsp3) is 0.250. The van der Waals surface area contributed by atoms with E-state index in [1.54, 1.807) is 12.1 Å². The van der Waals surface area contributed by atoms with Crippen molar-refractivity contribution in [2.45, 2.75) is 6.10 Å². The summed E-state index contributed by atoms with van der Waals surface area (Å²) in [6, 6.07) is 9.08. The first-order chi connectivity index (χ1) is 4.84. The van der Waals surface area contributed by atoms with Crippen molar-refractivity contribution in [3.05, 3.63) is 35.9 Å². The van der Waals surface area contributed by atoms with E-state index in [0.717, 1.165) is 5.56 Å². The molecule has 0 saturated heterocycles. The zero-order valence-corrected chi connectivity index (χ0v) is 5.57. The summed E-state index contributed by atoms with van der Waals surface area (Å²) in [6.07, 6.45) is -0.735. The summed E-state index contributed by atoms with van der Waals surface area (Å²) < 4.78 is 0. The molecule has 0 heterocycles. The molecule has 1 aromatic carbocycles. The fourth-order valence-corrected chi connectivity index (χ4v) is 0.781. The molecule has 0 fully saturated rings. The molecule has 0 bridgehead atoms. The summed E-state index contributed by atoms with van der Waals surface area (Å²) in [4.78, 5) is 0. The van der Waals surface area contributed by atoms with Crippen molar-refractivity contribution in [3.63, 3.8) is 0 Å². The molecule has 0 spiro atoms. The smallest absolute Gasteiger partial charge is 0.102 e. The maximum absolute atomic E-state index is 9.08. The van der Waals surface area contributed by atoms with E-state index in [1.807, 2.05) is 18.2 Å². The van der Waals surface area contributed by atoms with Crippen molar-refractivity contribution in [3.8, 4) is 0 Å². The van der Waals surface area contributed by atoms with Crippen LogP contribution in [0.3, 0.4) is 0 Å². The molecule has 0 aliphatic heterocycles. The van der Waals surface area contributed by atoms with Crippen molar-refractivity contribution in [2.24, 2.45) is 0 Å². The normalized spacial score (nSPS) is 11.8. The first-order valence-corrected chi connectivity index (χ1v) is 3.18. The largest absolute Gasteiger partial charge is 0.393 e. The van der Waals surface area contributed by atoms with Gasteiger partial charge in [0.25, 0.3) is 0 Å². The summed E-state index contributed by atoms with van der Waals surface area (Å²) in [7, 11) is 0. The van der Waals surface area contributed by atoms with Gasteiger partial charge in [0.2, 0.25) is 0 Å². The minimum absolute atomic E-state index is 0. The second-order valence-electron chi connectivity index (χ2n) is 2.11. The van der Waals surface area contributed by atoms with Crippen LogP contribution in [0, 0.1) is 0 Å². The number of hydrogen-bond acceptors (Lipinski definition) is 2. The lowest BCUT2D eigenvalue weighted by atomic mass is 10.1. The number of hydrogen-bond donors (Lipinski definition) is 2. The van der Waals surface area contributed by atoms with Crippen molar-refractivity contribution in [1.82, 2.24) is 0 Å².